The molecule has 136 valence electrons. The van der Waals surface area contributed by atoms with Crippen LogP contribution in [0.1, 0.15) is 30.3 Å². The maximum absolute atomic E-state index is 12.3. The largest absolute Gasteiger partial charge is 0.408 e. The van der Waals surface area contributed by atoms with Crippen molar-refractivity contribution < 1.29 is 9.72 Å². The predicted octanol–water partition coefficient (Wildman–Crippen LogP) is 2.33. The summed E-state index contributed by atoms with van der Waals surface area (Å²) in [4.78, 5) is 24.0. The second-order valence-electron chi connectivity index (χ2n) is 5.79. The van der Waals surface area contributed by atoms with E-state index in [1.165, 1.54) is 10.9 Å². The molecule has 0 fully saturated rings. The van der Waals surface area contributed by atoms with Crippen LogP contribution in [0.4, 0.5) is 5.82 Å². The van der Waals surface area contributed by atoms with Gasteiger partial charge in [0, 0.05) is 37.8 Å². The summed E-state index contributed by atoms with van der Waals surface area (Å²) in [6.45, 7) is 7.41. The van der Waals surface area contributed by atoms with E-state index in [2.05, 4.69) is 10.2 Å². The van der Waals surface area contributed by atoms with Gasteiger partial charge in [0.2, 0.25) is 5.91 Å². The molecule has 2 aromatic rings. The zero-order chi connectivity index (χ0) is 18.7. The molecule has 10 heteroatoms. The standard InChI is InChI=1S/C15H21ClN6O3/c1-5-21-11(3)12(10(2)17-21)8-19(4)14(23)6-7-20-9-13(16)15(18-20)22(24)25/h9H,5-8H2,1-4H3. The average molecular weight is 369 g/mol. The Bertz CT molecular complexity index is 798. The maximum atomic E-state index is 12.3. The fraction of sp³-hybridized carbons (Fsp3) is 0.533. The maximum Gasteiger partial charge on any atom is 0.408 e. The van der Waals surface area contributed by atoms with Gasteiger partial charge in [-0.25, -0.2) is 0 Å². The summed E-state index contributed by atoms with van der Waals surface area (Å²) in [5, 5.41) is 18.9. The minimum absolute atomic E-state index is 0.0379. The molecule has 2 rings (SSSR count). The lowest BCUT2D eigenvalue weighted by atomic mass is 10.2. The van der Waals surface area contributed by atoms with Gasteiger partial charge >= 0.3 is 5.82 Å². The van der Waals surface area contributed by atoms with E-state index in [0.717, 1.165) is 23.5 Å². The van der Waals surface area contributed by atoms with Crippen molar-refractivity contribution in [1.29, 1.82) is 0 Å². The van der Waals surface area contributed by atoms with Gasteiger partial charge in [-0.3, -0.25) is 9.48 Å². The molecule has 1 amide bonds. The summed E-state index contributed by atoms with van der Waals surface area (Å²) in [7, 11) is 1.73. The minimum atomic E-state index is -0.649. The summed E-state index contributed by atoms with van der Waals surface area (Å²) in [5.74, 6) is -0.488. The van der Waals surface area contributed by atoms with Crippen molar-refractivity contribution >= 4 is 23.3 Å². The second-order valence-corrected chi connectivity index (χ2v) is 6.19. The molecule has 0 aliphatic carbocycles. The SMILES string of the molecule is CCn1nc(C)c(CN(C)C(=O)CCn2cc(Cl)c([N+](=O)[O-])n2)c1C. The molecule has 25 heavy (non-hydrogen) atoms. The molecule has 0 bridgehead atoms. The molecule has 0 N–H and O–H groups in total. The van der Waals surface area contributed by atoms with Crippen molar-refractivity contribution in [2.75, 3.05) is 7.05 Å². The molecule has 0 aliphatic heterocycles. The summed E-state index contributed by atoms with van der Waals surface area (Å²) in [5.41, 5.74) is 3.00. The highest BCUT2D eigenvalue weighted by atomic mass is 35.5. The van der Waals surface area contributed by atoms with E-state index in [1.807, 2.05) is 25.5 Å². The van der Waals surface area contributed by atoms with Crippen molar-refractivity contribution in [2.24, 2.45) is 0 Å². The number of nitrogens with zero attached hydrogens (tertiary/aromatic N) is 6. The van der Waals surface area contributed by atoms with Crippen LogP contribution in [0.5, 0.6) is 0 Å². The Morgan fingerprint density at radius 3 is 2.60 bits per heavy atom. The average Bonchev–Trinajstić information content (AvgIpc) is 3.06. The molecular weight excluding hydrogens is 348 g/mol. The van der Waals surface area contributed by atoms with Gasteiger partial charge < -0.3 is 15.0 Å². The normalized spacial score (nSPS) is 10.9. The Labute approximate surface area is 150 Å². The molecule has 0 aromatic carbocycles. The van der Waals surface area contributed by atoms with Crippen LogP contribution in [0.2, 0.25) is 5.02 Å². The van der Waals surface area contributed by atoms with Crippen LogP contribution in [0, 0.1) is 24.0 Å². The number of amides is 1. The van der Waals surface area contributed by atoms with E-state index in [1.54, 1.807) is 11.9 Å². The first-order valence-corrected chi connectivity index (χ1v) is 8.26. The van der Waals surface area contributed by atoms with E-state index < -0.39 is 10.7 Å². The monoisotopic (exact) mass is 368 g/mol. The Kier molecular flexibility index (Phi) is 5.78. The zero-order valence-corrected chi connectivity index (χ0v) is 15.4. The lowest BCUT2D eigenvalue weighted by Gasteiger charge is -2.17. The quantitative estimate of drug-likeness (QED) is 0.551. The highest BCUT2D eigenvalue weighted by molar-refractivity contribution is 6.32. The van der Waals surface area contributed by atoms with E-state index in [9.17, 15) is 14.9 Å². The van der Waals surface area contributed by atoms with Crippen molar-refractivity contribution in [1.82, 2.24) is 24.5 Å². The van der Waals surface area contributed by atoms with Crippen LogP contribution in [-0.2, 0) is 24.4 Å². The molecule has 9 nitrogen and oxygen atoms in total. The van der Waals surface area contributed by atoms with Gasteiger partial charge in [-0.15, -0.1) is 0 Å². The third-order valence-corrected chi connectivity index (χ3v) is 4.35. The fourth-order valence-electron chi connectivity index (χ4n) is 2.62. The first-order valence-electron chi connectivity index (χ1n) is 7.88. The van der Waals surface area contributed by atoms with Gasteiger partial charge in [-0.1, -0.05) is 11.6 Å². The van der Waals surface area contributed by atoms with Gasteiger partial charge in [0.05, 0.1) is 23.5 Å². The van der Waals surface area contributed by atoms with Crippen LogP contribution < -0.4 is 0 Å². The van der Waals surface area contributed by atoms with Crippen molar-refractivity contribution in [3.63, 3.8) is 0 Å². The highest BCUT2D eigenvalue weighted by Gasteiger charge is 2.20. The van der Waals surface area contributed by atoms with Crippen molar-refractivity contribution in [3.8, 4) is 0 Å². The first-order chi connectivity index (χ1) is 11.7. The van der Waals surface area contributed by atoms with Crippen LogP contribution in [0.25, 0.3) is 0 Å². The molecular formula is C15H21ClN6O3. The second kappa shape index (κ2) is 7.64. The lowest BCUT2D eigenvalue weighted by molar-refractivity contribution is -0.389. The van der Waals surface area contributed by atoms with Gasteiger partial charge in [0.25, 0.3) is 0 Å². The molecule has 0 saturated carbocycles. The Morgan fingerprint density at radius 2 is 2.08 bits per heavy atom. The Hall–Kier alpha value is -2.42. The molecule has 0 spiro atoms. The zero-order valence-electron chi connectivity index (χ0n) is 14.7. The number of carbonyl (C=O) groups is 1. The third kappa shape index (κ3) is 4.16. The Morgan fingerprint density at radius 1 is 1.40 bits per heavy atom. The molecule has 0 radical (unpaired) electrons. The number of aromatic nitrogens is 4. The summed E-state index contributed by atoms with van der Waals surface area (Å²) in [6, 6.07) is 0. The molecule has 0 saturated heterocycles. The van der Waals surface area contributed by atoms with Gasteiger partial charge in [0.15, 0.2) is 5.02 Å². The first kappa shape index (κ1) is 18.9. The van der Waals surface area contributed by atoms with E-state index in [4.69, 9.17) is 11.6 Å². The van der Waals surface area contributed by atoms with E-state index in [-0.39, 0.29) is 23.9 Å². The number of halogens is 1. The van der Waals surface area contributed by atoms with Gasteiger partial charge in [-0.2, -0.15) is 9.78 Å². The molecule has 0 atom stereocenters. The predicted molar refractivity (Wildman–Crippen MR) is 92.4 cm³/mol. The molecule has 0 unspecified atom stereocenters. The lowest BCUT2D eigenvalue weighted by Crippen LogP contribution is -2.27. The Balaban J connectivity index is 1.98. The number of hydrogen-bond acceptors (Lipinski definition) is 5. The fourth-order valence-corrected chi connectivity index (χ4v) is 2.84. The summed E-state index contributed by atoms with van der Waals surface area (Å²) < 4.78 is 3.23. The number of nitro groups is 1. The minimum Gasteiger partial charge on any atom is -0.358 e. The van der Waals surface area contributed by atoms with Crippen LogP contribution in [0.3, 0.4) is 0 Å². The van der Waals surface area contributed by atoms with Gasteiger partial charge in [0.1, 0.15) is 0 Å². The number of carbonyl (C=O) groups excluding carboxylic acids is 1. The molecule has 0 aliphatic rings. The summed E-state index contributed by atoms with van der Waals surface area (Å²) in [6.07, 6.45) is 1.53. The summed E-state index contributed by atoms with van der Waals surface area (Å²) >= 11 is 5.75. The molecule has 2 aromatic heterocycles. The number of rotatable bonds is 7. The topological polar surface area (TPSA) is 99.1 Å². The van der Waals surface area contributed by atoms with Crippen LogP contribution >= 0.6 is 11.6 Å². The van der Waals surface area contributed by atoms with Crippen LogP contribution in [-0.4, -0.2) is 42.3 Å². The van der Waals surface area contributed by atoms with Gasteiger partial charge in [-0.05, 0) is 25.7 Å². The van der Waals surface area contributed by atoms with Crippen molar-refractivity contribution in [2.45, 2.75) is 46.8 Å². The smallest absolute Gasteiger partial charge is 0.358 e. The van der Waals surface area contributed by atoms with Crippen molar-refractivity contribution in [3.05, 3.63) is 38.3 Å². The van der Waals surface area contributed by atoms with E-state index >= 15 is 0 Å². The number of hydrogen-bond donors (Lipinski definition) is 0. The van der Waals surface area contributed by atoms with E-state index in [0.29, 0.717) is 6.54 Å². The third-order valence-electron chi connectivity index (χ3n) is 4.08. The van der Waals surface area contributed by atoms with Crippen LogP contribution in [0.15, 0.2) is 6.20 Å². The molecule has 2 heterocycles. The number of aryl methyl sites for hydroxylation is 3. The highest BCUT2D eigenvalue weighted by Crippen LogP contribution is 2.21.